The van der Waals surface area contributed by atoms with Crippen molar-refractivity contribution in [2.75, 3.05) is 0 Å². The Morgan fingerprint density at radius 3 is 1.48 bits per heavy atom. The molecule has 0 aliphatic heterocycles. The Kier molecular flexibility index (Phi) is 5.55. The van der Waals surface area contributed by atoms with Gasteiger partial charge in [0.25, 0.3) is 0 Å². The summed E-state index contributed by atoms with van der Waals surface area (Å²) in [5, 5.41) is 0. The molecule has 0 aromatic rings. The van der Waals surface area contributed by atoms with Gasteiger partial charge in [-0.05, 0) is 50.4 Å². The number of hydrazine groups is 1. The molecule has 136 valence electrons. The molecule has 0 bridgehead atoms. The van der Waals surface area contributed by atoms with E-state index in [0.717, 1.165) is 0 Å². The highest BCUT2D eigenvalue weighted by Gasteiger charge is 2.76. The fourth-order valence-electron chi connectivity index (χ4n) is 4.69. The lowest BCUT2D eigenvalue weighted by Crippen LogP contribution is -2.60. The van der Waals surface area contributed by atoms with Gasteiger partial charge in [0.05, 0.1) is 0 Å². The number of rotatable bonds is 3. The van der Waals surface area contributed by atoms with Crippen LogP contribution in [-0.2, 0) is 0 Å². The molecule has 0 unspecified atom stereocenters. The molecule has 0 amide bonds. The highest BCUT2D eigenvalue weighted by atomic mass is 19.4. The Balaban J connectivity index is 2.40. The molecular formula is C15H24F6N2. The van der Waals surface area contributed by atoms with Crippen LogP contribution < -0.4 is 11.3 Å². The molecule has 0 aromatic heterocycles. The van der Waals surface area contributed by atoms with E-state index < -0.39 is 29.6 Å². The average molecular weight is 346 g/mol. The van der Waals surface area contributed by atoms with Gasteiger partial charge >= 0.3 is 12.4 Å². The Bertz CT molecular complexity index is 364. The van der Waals surface area contributed by atoms with Crippen molar-refractivity contribution in [1.29, 1.82) is 0 Å². The number of hydrogen-bond acceptors (Lipinski definition) is 2. The van der Waals surface area contributed by atoms with Crippen molar-refractivity contribution in [3.05, 3.63) is 0 Å². The maximum Gasteiger partial charge on any atom is 0.403 e. The van der Waals surface area contributed by atoms with Gasteiger partial charge in [0.1, 0.15) is 0 Å². The molecule has 0 aromatic carbocycles. The topological polar surface area (TPSA) is 38.0 Å². The van der Waals surface area contributed by atoms with Gasteiger partial charge in [-0.15, -0.1) is 0 Å². The molecular weight excluding hydrogens is 322 g/mol. The predicted molar refractivity (Wildman–Crippen MR) is 74.2 cm³/mol. The minimum Gasteiger partial charge on any atom is -0.271 e. The third-order valence-corrected chi connectivity index (χ3v) is 5.79. The van der Waals surface area contributed by atoms with E-state index in [2.05, 4.69) is 5.43 Å². The van der Waals surface area contributed by atoms with Gasteiger partial charge in [-0.25, -0.2) is 0 Å². The largest absolute Gasteiger partial charge is 0.403 e. The minimum atomic E-state index is -5.28. The summed E-state index contributed by atoms with van der Waals surface area (Å²) in [7, 11) is 0. The zero-order valence-corrected chi connectivity index (χ0v) is 12.9. The second kappa shape index (κ2) is 6.78. The van der Waals surface area contributed by atoms with Gasteiger partial charge in [0.2, 0.25) is 0 Å². The summed E-state index contributed by atoms with van der Waals surface area (Å²) < 4.78 is 83.2. The van der Waals surface area contributed by atoms with Crippen LogP contribution in [-0.4, -0.2) is 18.4 Å². The molecule has 8 heteroatoms. The summed E-state index contributed by atoms with van der Waals surface area (Å²) in [5.74, 6) is 2.51. The molecule has 2 aliphatic rings. The van der Waals surface area contributed by atoms with Crippen LogP contribution >= 0.6 is 0 Å². The molecule has 23 heavy (non-hydrogen) atoms. The zero-order chi connectivity index (χ0) is 17.3. The van der Waals surface area contributed by atoms with Crippen LogP contribution in [0.2, 0.25) is 0 Å². The Hall–Kier alpha value is -0.500. The Morgan fingerprint density at radius 1 is 0.652 bits per heavy atom. The van der Waals surface area contributed by atoms with Crippen LogP contribution in [0, 0.1) is 17.3 Å². The molecule has 2 fully saturated rings. The van der Waals surface area contributed by atoms with Crippen LogP contribution in [0.25, 0.3) is 0 Å². The number of hydrogen-bond donors (Lipinski definition) is 2. The van der Waals surface area contributed by atoms with Gasteiger partial charge in [0.15, 0.2) is 5.41 Å². The standard InChI is InChI=1S/C15H24F6N2/c16-14(17,18)13(15(19,20)21,10-4-2-1-3-5-10)11-6-8-12(23-22)9-7-11/h10-12,23H,1-9,22H2. The van der Waals surface area contributed by atoms with Crippen molar-refractivity contribution in [2.24, 2.45) is 23.1 Å². The molecule has 0 spiro atoms. The van der Waals surface area contributed by atoms with E-state index in [9.17, 15) is 26.3 Å². The number of alkyl halides is 6. The number of halogens is 6. The highest BCUT2D eigenvalue weighted by molar-refractivity contribution is 5.04. The van der Waals surface area contributed by atoms with Crippen LogP contribution in [0.4, 0.5) is 26.3 Å². The van der Waals surface area contributed by atoms with Crippen LogP contribution in [0.3, 0.4) is 0 Å². The molecule has 0 heterocycles. The van der Waals surface area contributed by atoms with E-state index in [1.165, 1.54) is 0 Å². The maximum atomic E-state index is 13.9. The molecule has 3 N–H and O–H groups in total. The molecule has 2 aliphatic carbocycles. The first kappa shape index (κ1) is 18.8. The van der Waals surface area contributed by atoms with Crippen molar-refractivity contribution in [1.82, 2.24) is 5.43 Å². The molecule has 2 saturated carbocycles. The van der Waals surface area contributed by atoms with E-state index in [4.69, 9.17) is 5.84 Å². The first-order chi connectivity index (χ1) is 10.6. The van der Waals surface area contributed by atoms with Crippen LogP contribution in [0.5, 0.6) is 0 Å². The summed E-state index contributed by atoms with van der Waals surface area (Å²) in [6.45, 7) is 0. The van der Waals surface area contributed by atoms with E-state index in [0.29, 0.717) is 19.3 Å². The molecule has 0 atom stereocenters. The van der Waals surface area contributed by atoms with Gasteiger partial charge in [-0.2, -0.15) is 26.3 Å². The second-order valence-electron chi connectivity index (χ2n) is 6.91. The monoisotopic (exact) mass is 346 g/mol. The fraction of sp³-hybridized carbons (Fsp3) is 1.00. The van der Waals surface area contributed by atoms with E-state index >= 15 is 0 Å². The van der Waals surface area contributed by atoms with Crippen molar-refractivity contribution >= 4 is 0 Å². The third kappa shape index (κ3) is 3.34. The fourth-order valence-corrected chi connectivity index (χ4v) is 4.69. The molecule has 0 saturated heterocycles. The zero-order valence-electron chi connectivity index (χ0n) is 12.9. The second-order valence-corrected chi connectivity index (χ2v) is 6.91. The average Bonchev–Trinajstić information content (AvgIpc) is 2.47. The van der Waals surface area contributed by atoms with Gasteiger partial charge in [-0.3, -0.25) is 11.3 Å². The van der Waals surface area contributed by atoms with E-state index in [1.807, 2.05) is 0 Å². The van der Waals surface area contributed by atoms with Crippen LogP contribution in [0.1, 0.15) is 57.8 Å². The number of nitrogens with one attached hydrogen (secondary N) is 1. The van der Waals surface area contributed by atoms with E-state index in [-0.39, 0.29) is 44.6 Å². The molecule has 2 rings (SSSR count). The van der Waals surface area contributed by atoms with Crippen molar-refractivity contribution < 1.29 is 26.3 Å². The maximum absolute atomic E-state index is 13.9. The summed E-state index contributed by atoms with van der Waals surface area (Å²) >= 11 is 0. The SMILES string of the molecule is NNC1CCC(C(C2CCCCC2)(C(F)(F)F)C(F)(F)F)CC1. The lowest BCUT2D eigenvalue weighted by atomic mass is 9.57. The van der Waals surface area contributed by atoms with Gasteiger partial charge in [-0.1, -0.05) is 19.3 Å². The predicted octanol–water partition coefficient (Wildman–Crippen LogP) is 4.70. The third-order valence-electron chi connectivity index (χ3n) is 5.79. The number of nitrogens with two attached hydrogens (primary N) is 1. The summed E-state index contributed by atoms with van der Waals surface area (Å²) in [5.41, 5.74) is -1.10. The lowest BCUT2D eigenvalue weighted by molar-refractivity contribution is -0.381. The molecule has 2 nitrogen and oxygen atoms in total. The Labute approximate surface area is 132 Å². The van der Waals surface area contributed by atoms with Crippen molar-refractivity contribution in [2.45, 2.75) is 76.2 Å². The van der Waals surface area contributed by atoms with Crippen molar-refractivity contribution in [3.8, 4) is 0 Å². The quantitative estimate of drug-likeness (QED) is 0.442. The Morgan fingerprint density at radius 2 is 1.09 bits per heavy atom. The smallest absolute Gasteiger partial charge is 0.271 e. The van der Waals surface area contributed by atoms with Gasteiger partial charge < -0.3 is 0 Å². The first-order valence-electron chi connectivity index (χ1n) is 8.24. The van der Waals surface area contributed by atoms with E-state index in [1.54, 1.807) is 0 Å². The highest BCUT2D eigenvalue weighted by Crippen LogP contribution is 2.64. The van der Waals surface area contributed by atoms with Crippen molar-refractivity contribution in [3.63, 3.8) is 0 Å². The summed E-state index contributed by atoms with van der Waals surface area (Å²) in [4.78, 5) is 0. The van der Waals surface area contributed by atoms with Gasteiger partial charge in [0, 0.05) is 6.04 Å². The first-order valence-corrected chi connectivity index (χ1v) is 8.24. The summed E-state index contributed by atoms with van der Waals surface area (Å²) in [6.07, 6.45) is -8.62. The van der Waals surface area contributed by atoms with Crippen LogP contribution in [0.15, 0.2) is 0 Å². The minimum absolute atomic E-state index is 0.00802. The molecule has 0 radical (unpaired) electrons. The summed E-state index contributed by atoms with van der Waals surface area (Å²) in [6, 6.07) is -0.197. The normalized spacial score (nSPS) is 28.8. The lowest BCUT2D eigenvalue weighted by Gasteiger charge is -2.51.